The Bertz CT molecular complexity index is 275. The van der Waals surface area contributed by atoms with Crippen molar-refractivity contribution in [1.29, 1.82) is 0 Å². The topological polar surface area (TPSA) is 37.3 Å². The molecule has 0 aromatic carbocycles. The van der Waals surface area contributed by atoms with Crippen LogP contribution >= 0.6 is 0 Å². The third-order valence-corrected chi connectivity index (χ3v) is 5.16. The fraction of sp³-hybridized carbons (Fsp3) is 0.957. The van der Waals surface area contributed by atoms with Gasteiger partial charge in [0.2, 0.25) is 0 Å². The molecule has 0 saturated carbocycles. The largest absolute Gasteiger partial charge is 0.393 e. The summed E-state index contributed by atoms with van der Waals surface area (Å²) in [5, 5.41) is 9.83. The standard InChI is InChI=1S/C23H46O2/c1-3-5-7-8-9-10-11-12-13-14-15-16-18-20-23(25)21-22(24)19-17-6-4-2/h22,24H,3-21H2,1-2H3. The SMILES string of the molecule is CCCCCCCCCCCCCCCC(=O)CC(O)CCCCC. The molecule has 1 unspecified atom stereocenters. The maximum absolute atomic E-state index is 11.8. The Morgan fingerprint density at radius 1 is 0.640 bits per heavy atom. The number of carbonyl (C=O) groups is 1. The van der Waals surface area contributed by atoms with Crippen LogP contribution in [0.25, 0.3) is 0 Å². The third kappa shape index (κ3) is 19.8. The van der Waals surface area contributed by atoms with Gasteiger partial charge in [-0.05, 0) is 12.8 Å². The van der Waals surface area contributed by atoms with Crippen LogP contribution in [0.5, 0.6) is 0 Å². The average Bonchev–Trinajstić information content (AvgIpc) is 2.59. The fourth-order valence-electron chi connectivity index (χ4n) is 3.44. The van der Waals surface area contributed by atoms with Gasteiger partial charge < -0.3 is 5.11 Å². The lowest BCUT2D eigenvalue weighted by atomic mass is 10.0. The van der Waals surface area contributed by atoms with E-state index in [0.717, 1.165) is 25.7 Å². The molecule has 0 amide bonds. The molecule has 0 fully saturated rings. The first-order chi connectivity index (χ1) is 12.2. The van der Waals surface area contributed by atoms with Crippen LogP contribution in [-0.2, 0) is 4.79 Å². The summed E-state index contributed by atoms with van der Waals surface area (Å²) in [4.78, 5) is 11.8. The van der Waals surface area contributed by atoms with Gasteiger partial charge in [-0.25, -0.2) is 0 Å². The lowest BCUT2D eigenvalue weighted by Gasteiger charge is -2.09. The zero-order chi connectivity index (χ0) is 18.6. The van der Waals surface area contributed by atoms with Crippen LogP contribution in [0.4, 0.5) is 0 Å². The Balaban J connectivity index is 3.23. The molecule has 2 nitrogen and oxygen atoms in total. The van der Waals surface area contributed by atoms with Gasteiger partial charge >= 0.3 is 0 Å². The second-order valence-corrected chi connectivity index (χ2v) is 7.89. The van der Waals surface area contributed by atoms with Gasteiger partial charge in [-0.1, -0.05) is 110 Å². The van der Waals surface area contributed by atoms with Crippen LogP contribution in [0.1, 0.15) is 136 Å². The van der Waals surface area contributed by atoms with E-state index in [4.69, 9.17) is 0 Å². The van der Waals surface area contributed by atoms with Gasteiger partial charge in [0, 0.05) is 12.8 Å². The Morgan fingerprint density at radius 3 is 1.52 bits per heavy atom. The van der Waals surface area contributed by atoms with Crippen molar-refractivity contribution in [3.63, 3.8) is 0 Å². The van der Waals surface area contributed by atoms with Crippen LogP contribution in [0, 0.1) is 0 Å². The zero-order valence-electron chi connectivity index (χ0n) is 17.4. The van der Waals surface area contributed by atoms with Gasteiger partial charge in [0.05, 0.1) is 6.10 Å². The number of Topliss-reactive ketones (excluding diaryl/α,β-unsaturated/α-hetero) is 1. The van der Waals surface area contributed by atoms with E-state index in [1.54, 1.807) is 0 Å². The molecule has 0 aromatic heterocycles. The van der Waals surface area contributed by atoms with E-state index in [1.807, 2.05) is 0 Å². The molecule has 0 aromatic rings. The molecule has 150 valence electrons. The van der Waals surface area contributed by atoms with Crippen LogP contribution in [0.2, 0.25) is 0 Å². The summed E-state index contributed by atoms with van der Waals surface area (Å²) >= 11 is 0. The molecule has 0 radical (unpaired) electrons. The molecule has 25 heavy (non-hydrogen) atoms. The maximum atomic E-state index is 11.8. The number of rotatable bonds is 20. The Labute approximate surface area is 158 Å². The van der Waals surface area contributed by atoms with Crippen molar-refractivity contribution in [1.82, 2.24) is 0 Å². The highest BCUT2D eigenvalue weighted by molar-refractivity contribution is 5.78. The molecule has 1 atom stereocenters. The van der Waals surface area contributed by atoms with Gasteiger partial charge in [0.25, 0.3) is 0 Å². The third-order valence-electron chi connectivity index (χ3n) is 5.16. The second-order valence-electron chi connectivity index (χ2n) is 7.89. The van der Waals surface area contributed by atoms with Crippen LogP contribution < -0.4 is 0 Å². The summed E-state index contributed by atoms with van der Waals surface area (Å²) in [7, 11) is 0. The first-order valence-electron chi connectivity index (χ1n) is 11.4. The number of ketones is 1. The molecule has 0 bridgehead atoms. The van der Waals surface area contributed by atoms with E-state index < -0.39 is 6.10 Å². The van der Waals surface area contributed by atoms with Gasteiger partial charge in [-0.2, -0.15) is 0 Å². The predicted molar refractivity (Wildman–Crippen MR) is 110 cm³/mol. The maximum Gasteiger partial charge on any atom is 0.135 e. The number of carbonyl (C=O) groups excluding carboxylic acids is 1. The molecule has 0 rings (SSSR count). The molecule has 0 aliphatic rings. The summed E-state index contributed by atoms with van der Waals surface area (Å²) in [5.74, 6) is 0.257. The van der Waals surface area contributed by atoms with Crippen molar-refractivity contribution in [2.75, 3.05) is 0 Å². The number of hydrogen-bond donors (Lipinski definition) is 1. The van der Waals surface area contributed by atoms with Crippen molar-refractivity contribution in [3.8, 4) is 0 Å². The van der Waals surface area contributed by atoms with Crippen LogP contribution in [-0.4, -0.2) is 17.0 Å². The number of aliphatic hydroxyl groups excluding tert-OH is 1. The van der Waals surface area contributed by atoms with E-state index >= 15 is 0 Å². The van der Waals surface area contributed by atoms with Gasteiger partial charge in [-0.3, -0.25) is 4.79 Å². The lowest BCUT2D eigenvalue weighted by molar-refractivity contribution is -0.121. The normalized spacial score (nSPS) is 12.4. The number of unbranched alkanes of at least 4 members (excludes halogenated alkanes) is 14. The predicted octanol–water partition coefficient (Wildman–Crippen LogP) is 7.37. The van der Waals surface area contributed by atoms with E-state index in [9.17, 15) is 9.90 Å². The molecule has 0 aliphatic carbocycles. The van der Waals surface area contributed by atoms with E-state index in [-0.39, 0.29) is 5.78 Å². The molecule has 0 heterocycles. The van der Waals surface area contributed by atoms with E-state index in [0.29, 0.717) is 12.8 Å². The van der Waals surface area contributed by atoms with Gasteiger partial charge in [0.15, 0.2) is 0 Å². The number of aliphatic hydroxyl groups is 1. The Morgan fingerprint density at radius 2 is 1.04 bits per heavy atom. The molecular weight excluding hydrogens is 308 g/mol. The summed E-state index contributed by atoms with van der Waals surface area (Å²) in [5.41, 5.74) is 0. The monoisotopic (exact) mass is 354 g/mol. The van der Waals surface area contributed by atoms with E-state index in [1.165, 1.54) is 83.5 Å². The molecular formula is C23H46O2. The van der Waals surface area contributed by atoms with Crippen LogP contribution in [0.15, 0.2) is 0 Å². The first kappa shape index (κ1) is 24.6. The van der Waals surface area contributed by atoms with Crippen LogP contribution in [0.3, 0.4) is 0 Å². The minimum atomic E-state index is -0.402. The highest BCUT2D eigenvalue weighted by Gasteiger charge is 2.10. The Hall–Kier alpha value is -0.370. The highest BCUT2D eigenvalue weighted by Crippen LogP contribution is 2.14. The van der Waals surface area contributed by atoms with Crippen molar-refractivity contribution in [2.45, 2.75) is 142 Å². The molecule has 0 aliphatic heterocycles. The zero-order valence-corrected chi connectivity index (χ0v) is 17.4. The van der Waals surface area contributed by atoms with Crippen molar-refractivity contribution in [3.05, 3.63) is 0 Å². The molecule has 2 heteroatoms. The summed E-state index contributed by atoms with van der Waals surface area (Å²) in [6, 6.07) is 0. The number of hydrogen-bond acceptors (Lipinski definition) is 2. The summed E-state index contributed by atoms with van der Waals surface area (Å²) in [6.45, 7) is 4.43. The van der Waals surface area contributed by atoms with Crippen molar-refractivity contribution in [2.24, 2.45) is 0 Å². The minimum Gasteiger partial charge on any atom is -0.393 e. The minimum absolute atomic E-state index is 0.257. The summed E-state index contributed by atoms with van der Waals surface area (Å²) in [6.07, 6.45) is 22.2. The quantitative estimate of drug-likeness (QED) is 0.232. The molecule has 0 saturated heterocycles. The summed E-state index contributed by atoms with van der Waals surface area (Å²) < 4.78 is 0. The first-order valence-corrected chi connectivity index (χ1v) is 11.4. The van der Waals surface area contributed by atoms with E-state index in [2.05, 4.69) is 13.8 Å². The second kappa shape index (κ2) is 19.9. The average molecular weight is 355 g/mol. The Kier molecular flexibility index (Phi) is 19.7. The van der Waals surface area contributed by atoms with Crippen molar-refractivity contribution < 1.29 is 9.90 Å². The smallest absolute Gasteiger partial charge is 0.135 e. The lowest BCUT2D eigenvalue weighted by Crippen LogP contribution is -2.13. The fourth-order valence-corrected chi connectivity index (χ4v) is 3.44. The molecule has 1 N–H and O–H groups in total. The van der Waals surface area contributed by atoms with Gasteiger partial charge in [-0.15, -0.1) is 0 Å². The highest BCUT2D eigenvalue weighted by atomic mass is 16.3. The molecule has 0 spiro atoms. The van der Waals surface area contributed by atoms with Crippen molar-refractivity contribution >= 4 is 5.78 Å². The van der Waals surface area contributed by atoms with Gasteiger partial charge in [0.1, 0.15) is 5.78 Å².